The number of piperidine rings is 1. The lowest BCUT2D eigenvalue weighted by Crippen LogP contribution is -2.48. The number of phenolic OH excluding ortho intramolecular Hbond substituents is 1. The van der Waals surface area contributed by atoms with Gasteiger partial charge < -0.3 is 14.6 Å². The van der Waals surface area contributed by atoms with Gasteiger partial charge in [0.05, 0.1) is 5.75 Å². The molecule has 0 unspecified atom stereocenters. The van der Waals surface area contributed by atoms with Crippen molar-refractivity contribution >= 4 is 17.7 Å². The SMILES string of the molecule is CCn1c(SCC(=O)N2[C@H](C)CCC[C@@H]2C)nnc1-c1ccc(O)cc1. The molecule has 7 heteroatoms. The minimum absolute atomic E-state index is 0.173. The number of aromatic hydroxyl groups is 1. The van der Waals surface area contributed by atoms with Gasteiger partial charge in [-0.25, -0.2) is 0 Å². The summed E-state index contributed by atoms with van der Waals surface area (Å²) in [4.78, 5) is 14.8. The first kappa shape index (κ1) is 18.8. The molecular formula is C19H26N4O2S. The van der Waals surface area contributed by atoms with E-state index in [9.17, 15) is 9.90 Å². The summed E-state index contributed by atoms with van der Waals surface area (Å²) >= 11 is 1.44. The lowest BCUT2D eigenvalue weighted by atomic mass is 9.98. The van der Waals surface area contributed by atoms with Crippen molar-refractivity contribution in [2.45, 2.75) is 63.8 Å². The largest absolute Gasteiger partial charge is 0.508 e. The van der Waals surface area contributed by atoms with E-state index in [1.807, 2.05) is 28.5 Å². The molecule has 1 N–H and O–H groups in total. The zero-order chi connectivity index (χ0) is 18.7. The lowest BCUT2D eigenvalue weighted by molar-refractivity contribution is -0.134. The lowest BCUT2D eigenvalue weighted by Gasteiger charge is -2.39. The quantitative estimate of drug-likeness (QED) is 0.811. The summed E-state index contributed by atoms with van der Waals surface area (Å²) in [6.45, 7) is 7.02. The van der Waals surface area contributed by atoms with Crippen LogP contribution in [0.4, 0.5) is 0 Å². The smallest absolute Gasteiger partial charge is 0.233 e. The van der Waals surface area contributed by atoms with Gasteiger partial charge in [-0.15, -0.1) is 10.2 Å². The average Bonchev–Trinajstić information content (AvgIpc) is 3.03. The van der Waals surface area contributed by atoms with Crippen LogP contribution in [0.15, 0.2) is 29.4 Å². The predicted octanol–water partition coefficient (Wildman–Crippen LogP) is 3.55. The number of hydrogen-bond acceptors (Lipinski definition) is 5. The van der Waals surface area contributed by atoms with Gasteiger partial charge >= 0.3 is 0 Å². The first-order valence-corrected chi connectivity index (χ1v) is 10.2. The summed E-state index contributed by atoms with van der Waals surface area (Å²) in [5, 5.41) is 18.8. The third kappa shape index (κ3) is 3.87. The summed E-state index contributed by atoms with van der Waals surface area (Å²) in [7, 11) is 0. The number of phenols is 1. The van der Waals surface area contributed by atoms with Crippen LogP contribution in [0.1, 0.15) is 40.0 Å². The molecule has 2 atom stereocenters. The van der Waals surface area contributed by atoms with E-state index in [0.717, 1.165) is 35.9 Å². The molecule has 26 heavy (non-hydrogen) atoms. The second kappa shape index (κ2) is 8.12. The number of hydrogen-bond donors (Lipinski definition) is 1. The summed E-state index contributed by atoms with van der Waals surface area (Å²) in [5.74, 6) is 1.53. The Labute approximate surface area is 158 Å². The highest BCUT2D eigenvalue weighted by Gasteiger charge is 2.29. The van der Waals surface area contributed by atoms with Crippen molar-refractivity contribution in [3.8, 4) is 17.1 Å². The number of nitrogens with zero attached hydrogens (tertiary/aromatic N) is 4. The Bertz CT molecular complexity index is 749. The minimum Gasteiger partial charge on any atom is -0.508 e. The van der Waals surface area contributed by atoms with Crippen molar-refractivity contribution in [3.05, 3.63) is 24.3 Å². The molecule has 140 valence electrons. The first-order valence-electron chi connectivity index (χ1n) is 9.17. The Balaban J connectivity index is 1.72. The number of amides is 1. The van der Waals surface area contributed by atoms with E-state index in [-0.39, 0.29) is 11.7 Å². The number of thioether (sulfide) groups is 1. The van der Waals surface area contributed by atoms with Gasteiger partial charge in [0.15, 0.2) is 11.0 Å². The van der Waals surface area contributed by atoms with Gasteiger partial charge in [-0.1, -0.05) is 11.8 Å². The van der Waals surface area contributed by atoms with Crippen LogP contribution >= 0.6 is 11.8 Å². The maximum Gasteiger partial charge on any atom is 0.233 e. The molecule has 1 aliphatic rings. The summed E-state index contributed by atoms with van der Waals surface area (Å²) in [6, 6.07) is 7.54. The van der Waals surface area contributed by atoms with Crippen molar-refractivity contribution in [2.24, 2.45) is 0 Å². The van der Waals surface area contributed by atoms with Crippen molar-refractivity contribution in [3.63, 3.8) is 0 Å². The molecule has 6 nitrogen and oxygen atoms in total. The van der Waals surface area contributed by atoms with Crippen molar-refractivity contribution in [1.82, 2.24) is 19.7 Å². The number of rotatable bonds is 5. The van der Waals surface area contributed by atoms with Crippen LogP contribution in [0, 0.1) is 0 Å². The maximum atomic E-state index is 12.7. The van der Waals surface area contributed by atoms with E-state index >= 15 is 0 Å². The maximum absolute atomic E-state index is 12.7. The Morgan fingerprint density at radius 3 is 2.46 bits per heavy atom. The highest BCUT2D eigenvalue weighted by molar-refractivity contribution is 7.99. The second-order valence-electron chi connectivity index (χ2n) is 6.82. The number of carbonyl (C=O) groups is 1. The fourth-order valence-electron chi connectivity index (χ4n) is 3.62. The Morgan fingerprint density at radius 1 is 1.19 bits per heavy atom. The number of carbonyl (C=O) groups excluding carboxylic acids is 1. The van der Waals surface area contributed by atoms with E-state index < -0.39 is 0 Å². The monoisotopic (exact) mass is 374 g/mol. The molecule has 1 saturated heterocycles. The fraction of sp³-hybridized carbons (Fsp3) is 0.526. The van der Waals surface area contributed by atoms with E-state index in [0.29, 0.717) is 17.8 Å². The van der Waals surface area contributed by atoms with Gasteiger partial charge in [0, 0.05) is 24.2 Å². The number of aromatic nitrogens is 3. The Kier molecular flexibility index (Phi) is 5.86. The summed E-state index contributed by atoms with van der Waals surface area (Å²) < 4.78 is 2.01. The molecule has 1 aromatic carbocycles. The van der Waals surface area contributed by atoms with E-state index in [1.165, 1.54) is 18.2 Å². The van der Waals surface area contributed by atoms with Crippen molar-refractivity contribution in [1.29, 1.82) is 0 Å². The highest BCUT2D eigenvalue weighted by Crippen LogP contribution is 2.27. The van der Waals surface area contributed by atoms with Crippen LogP contribution in [-0.4, -0.2) is 48.5 Å². The van der Waals surface area contributed by atoms with Crippen LogP contribution in [0.25, 0.3) is 11.4 Å². The van der Waals surface area contributed by atoms with Crippen LogP contribution in [-0.2, 0) is 11.3 Å². The van der Waals surface area contributed by atoms with E-state index in [1.54, 1.807) is 12.1 Å². The Morgan fingerprint density at radius 2 is 1.85 bits per heavy atom. The molecule has 0 aliphatic carbocycles. The third-order valence-electron chi connectivity index (χ3n) is 4.96. The molecule has 2 aromatic rings. The molecule has 3 rings (SSSR count). The van der Waals surface area contributed by atoms with Crippen molar-refractivity contribution < 1.29 is 9.90 Å². The normalized spacial score (nSPS) is 20.3. The molecule has 1 fully saturated rings. The van der Waals surface area contributed by atoms with Gasteiger partial charge in [0.1, 0.15) is 5.75 Å². The molecule has 0 spiro atoms. The molecular weight excluding hydrogens is 348 g/mol. The van der Waals surface area contributed by atoms with E-state index in [2.05, 4.69) is 24.0 Å². The highest BCUT2D eigenvalue weighted by atomic mass is 32.2. The van der Waals surface area contributed by atoms with Gasteiger partial charge in [-0.05, 0) is 64.3 Å². The third-order valence-corrected chi connectivity index (χ3v) is 5.92. The Hall–Kier alpha value is -2.02. The topological polar surface area (TPSA) is 71.2 Å². The molecule has 1 aliphatic heterocycles. The van der Waals surface area contributed by atoms with Crippen LogP contribution < -0.4 is 0 Å². The van der Waals surface area contributed by atoms with Crippen LogP contribution in [0.5, 0.6) is 5.75 Å². The van der Waals surface area contributed by atoms with Gasteiger partial charge in [-0.2, -0.15) is 0 Å². The number of likely N-dealkylation sites (tertiary alicyclic amines) is 1. The summed E-state index contributed by atoms with van der Waals surface area (Å²) in [6.07, 6.45) is 3.35. The van der Waals surface area contributed by atoms with Crippen molar-refractivity contribution in [2.75, 3.05) is 5.75 Å². The predicted molar refractivity (Wildman–Crippen MR) is 103 cm³/mol. The fourth-order valence-corrected chi connectivity index (χ4v) is 4.49. The molecule has 0 radical (unpaired) electrons. The van der Waals surface area contributed by atoms with Gasteiger partial charge in [0.25, 0.3) is 0 Å². The number of benzene rings is 1. The zero-order valence-corrected chi connectivity index (χ0v) is 16.4. The molecule has 1 aromatic heterocycles. The molecule has 1 amide bonds. The zero-order valence-electron chi connectivity index (χ0n) is 15.6. The van der Waals surface area contributed by atoms with Crippen LogP contribution in [0.3, 0.4) is 0 Å². The second-order valence-corrected chi connectivity index (χ2v) is 7.76. The molecule has 0 bridgehead atoms. The van der Waals surface area contributed by atoms with Gasteiger partial charge in [-0.3, -0.25) is 4.79 Å². The molecule has 0 saturated carbocycles. The standard InChI is InChI=1S/C19H26N4O2S/c1-4-22-18(15-8-10-16(24)11-9-15)20-21-19(22)26-12-17(25)23-13(2)6-5-7-14(23)3/h8-11,13-14,24H,4-7,12H2,1-3H3/t13-,14+. The van der Waals surface area contributed by atoms with E-state index in [4.69, 9.17) is 0 Å². The average molecular weight is 375 g/mol. The van der Waals surface area contributed by atoms with Crippen LogP contribution in [0.2, 0.25) is 0 Å². The first-order chi connectivity index (χ1) is 12.5. The van der Waals surface area contributed by atoms with Gasteiger partial charge in [0.2, 0.25) is 5.91 Å². The minimum atomic E-state index is 0.173. The molecule has 2 heterocycles. The summed E-state index contributed by atoms with van der Waals surface area (Å²) in [5.41, 5.74) is 0.897.